The van der Waals surface area contributed by atoms with E-state index in [1.807, 2.05) is 11.3 Å². The molecule has 1 N–H and O–H groups in total. The summed E-state index contributed by atoms with van der Waals surface area (Å²) in [5.74, 6) is 1.58. The van der Waals surface area contributed by atoms with E-state index in [2.05, 4.69) is 31.3 Å². The van der Waals surface area contributed by atoms with Crippen molar-refractivity contribution in [1.29, 1.82) is 0 Å². The largest absolute Gasteiger partial charge is 0.376 e. The Morgan fingerprint density at radius 1 is 1.35 bits per heavy atom. The summed E-state index contributed by atoms with van der Waals surface area (Å²) in [5.41, 5.74) is 0. The first-order valence-electron chi connectivity index (χ1n) is 6.60. The van der Waals surface area contributed by atoms with Crippen molar-refractivity contribution in [3.63, 3.8) is 0 Å². The van der Waals surface area contributed by atoms with Crippen LogP contribution in [0.4, 0.5) is 0 Å². The molecular formula is C14H23NOS. The molecular weight excluding hydrogens is 230 g/mol. The van der Waals surface area contributed by atoms with Gasteiger partial charge in [-0.05, 0) is 43.4 Å². The summed E-state index contributed by atoms with van der Waals surface area (Å²) in [5, 5.41) is 3.47. The number of hydrogen-bond donors (Lipinski definition) is 1. The lowest BCUT2D eigenvalue weighted by Gasteiger charge is -2.05. The lowest BCUT2D eigenvalue weighted by molar-refractivity contribution is 0.113. The average Bonchev–Trinajstić information content (AvgIpc) is 2.98. The van der Waals surface area contributed by atoms with Crippen molar-refractivity contribution in [3.05, 3.63) is 21.9 Å². The molecule has 0 spiro atoms. The quantitative estimate of drug-likeness (QED) is 0.766. The molecule has 1 saturated carbocycles. The Bertz CT molecular complexity index is 308. The van der Waals surface area contributed by atoms with Crippen molar-refractivity contribution >= 4 is 11.3 Å². The van der Waals surface area contributed by atoms with Crippen molar-refractivity contribution in [2.45, 2.75) is 39.8 Å². The van der Waals surface area contributed by atoms with Gasteiger partial charge in [-0.3, -0.25) is 0 Å². The summed E-state index contributed by atoms with van der Waals surface area (Å²) in [7, 11) is 0. The van der Waals surface area contributed by atoms with E-state index in [0.717, 1.165) is 38.1 Å². The Labute approximate surface area is 108 Å². The number of hydrogen-bond acceptors (Lipinski definition) is 3. The third kappa shape index (κ3) is 5.19. The highest BCUT2D eigenvalue weighted by atomic mass is 32.1. The molecule has 0 atom stereocenters. The van der Waals surface area contributed by atoms with Crippen LogP contribution in [0.3, 0.4) is 0 Å². The van der Waals surface area contributed by atoms with Crippen LogP contribution in [-0.2, 0) is 17.9 Å². The van der Waals surface area contributed by atoms with Crippen LogP contribution in [0.1, 0.15) is 36.4 Å². The van der Waals surface area contributed by atoms with E-state index in [4.69, 9.17) is 4.74 Å². The second-order valence-corrected chi connectivity index (χ2v) is 6.60. The molecule has 17 heavy (non-hydrogen) atoms. The molecule has 0 bridgehead atoms. The average molecular weight is 253 g/mol. The first-order valence-corrected chi connectivity index (χ1v) is 7.41. The minimum atomic E-state index is 0.719. The fourth-order valence-electron chi connectivity index (χ4n) is 1.69. The lowest BCUT2D eigenvalue weighted by Crippen LogP contribution is -2.18. The molecule has 0 unspecified atom stereocenters. The van der Waals surface area contributed by atoms with Gasteiger partial charge in [-0.2, -0.15) is 0 Å². The van der Waals surface area contributed by atoms with Crippen molar-refractivity contribution in [2.75, 3.05) is 13.2 Å². The Kier molecular flexibility index (Phi) is 5.01. The van der Waals surface area contributed by atoms with E-state index < -0.39 is 0 Å². The molecule has 1 aliphatic carbocycles. The molecule has 1 aromatic rings. The Morgan fingerprint density at radius 3 is 2.82 bits per heavy atom. The van der Waals surface area contributed by atoms with Gasteiger partial charge >= 0.3 is 0 Å². The van der Waals surface area contributed by atoms with Gasteiger partial charge in [0.1, 0.15) is 0 Å². The zero-order valence-corrected chi connectivity index (χ0v) is 11.7. The van der Waals surface area contributed by atoms with E-state index in [1.165, 1.54) is 22.6 Å². The van der Waals surface area contributed by atoms with Crippen LogP contribution in [0, 0.1) is 11.8 Å². The number of rotatable bonds is 8. The standard InChI is InChI=1S/C14H23NOS/c1-11(2)7-15-8-13-5-6-14(17-13)10-16-9-12-3-4-12/h5-6,11-12,15H,3-4,7-10H2,1-2H3. The second kappa shape index (κ2) is 6.53. The maximum Gasteiger partial charge on any atom is 0.0809 e. The van der Waals surface area contributed by atoms with Crippen molar-refractivity contribution < 1.29 is 4.74 Å². The summed E-state index contributed by atoms with van der Waals surface area (Å²) < 4.78 is 5.69. The molecule has 0 saturated heterocycles. The first kappa shape index (κ1) is 13.1. The zero-order chi connectivity index (χ0) is 12.1. The summed E-state index contributed by atoms with van der Waals surface area (Å²) in [4.78, 5) is 2.77. The normalized spacial score (nSPS) is 15.7. The van der Waals surface area contributed by atoms with Crippen LogP contribution in [0.25, 0.3) is 0 Å². The fourth-order valence-corrected chi connectivity index (χ4v) is 2.62. The molecule has 2 nitrogen and oxygen atoms in total. The third-order valence-corrected chi connectivity index (χ3v) is 3.92. The predicted octanol–water partition coefficient (Wildman–Crippen LogP) is 3.42. The van der Waals surface area contributed by atoms with Crippen LogP contribution in [0.5, 0.6) is 0 Å². The van der Waals surface area contributed by atoms with Gasteiger partial charge in [0.25, 0.3) is 0 Å². The molecule has 1 heterocycles. The van der Waals surface area contributed by atoms with Crippen LogP contribution < -0.4 is 5.32 Å². The first-order chi connectivity index (χ1) is 8.24. The topological polar surface area (TPSA) is 21.3 Å². The highest BCUT2D eigenvalue weighted by molar-refractivity contribution is 7.11. The summed E-state index contributed by atoms with van der Waals surface area (Å²) in [6, 6.07) is 4.41. The second-order valence-electron chi connectivity index (χ2n) is 5.35. The Hall–Kier alpha value is -0.380. The van der Waals surface area contributed by atoms with E-state index in [1.54, 1.807) is 0 Å². The maximum absolute atomic E-state index is 5.69. The van der Waals surface area contributed by atoms with Crippen LogP contribution in [-0.4, -0.2) is 13.2 Å². The van der Waals surface area contributed by atoms with Crippen molar-refractivity contribution in [2.24, 2.45) is 11.8 Å². The molecule has 0 aliphatic heterocycles. The van der Waals surface area contributed by atoms with Crippen molar-refractivity contribution in [3.8, 4) is 0 Å². The summed E-state index contributed by atoms with van der Waals surface area (Å²) >= 11 is 1.87. The minimum Gasteiger partial charge on any atom is -0.376 e. The molecule has 0 aromatic carbocycles. The minimum absolute atomic E-state index is 0.719. The molecule has 0 radical (unpaired) electrons. The van der Waals surface area contributed by atoms with Crippen molar-refractivity contribution in [1.82, 2.24) is 5.32 Å². The Morgan fingerprint density at radius 2 is 2.12 bits per heavy atom. The highest BCUT2D eigenvalue weighted by Crippen LogP contribution is 2.29. The van der Waals surface area contributed by atoms with Gasteiger partial charge in [0, 0.05) is 22.9 Å². The SMILES string of the molecule is CC(C)CNCc1ccc(COCC2CC2)s1. The third-order valence-electron chi connectivity index (χ3n) is 2.86. The van der Waals surface area contributed by atoms with Gasteiger partial charge in [0.05, 0.1) is 6.61 Å². The summed E-state index contributed by atoms with van der Waals surface area (Å²) in [6.45, 7) is 8.30. The molecule has 1 aliphatic rings. The van der Waals surface area contributed by atoms with Gasteiger partial charge < -0.3 is 10.1 Å². The number of nitrogens with one attached hydrogen (secondary N) is 1. The smallest absolute Gasteiger partial charge is 0.0809 e. The maximum atomic E-state index is 5.69. The lowest BCUT2D eigenvalue weighted by atomic mass is 10.2. The number of ether oxygens (including phenoxy) is 1. The summed E-state index contributed by atoms with van der Waals surface area (Å²) in [6.07, 6.45) is 2.74. The molecule has 3 heteroatoms. The van der Waals surface area contributed by atoms with Crippen LogP contribution in [0.2, 0.25) is 0 Å². The van der Waals surface area contributed by atoms with Crippen LogP contribution in [0.15, 0.2) is 12.1 Å². The highest BCUT2D eigenvalue weighted by Gasteiger charge is 2.21. The van der Waals surface area contributed by atoms with E-state index >= 15 is 0 Å². The molecule has 96 valence electrons. The zero-order valence-electron chi connectivity index (χ0n) is 10.9. The van der Waals surface area contributed by atoms with Gasteiger partial charge in [-0.15, -0.1) is 11.3 Å². The van der Waals surface area contributed by atoms with Gasteiger partial charge in [0.2, 0.25) is 0 Å². The number of thiophene rings is 1. The predicted molar refractivity (Wildman–Crippen MR) is 73.2 cm³/mol. The molecule has 1 fully saturated rings. The van der Waals surface area contributed by atoms with E-state index in [9.17, 15) is 0 Å². The van der Waals surface area contributed by atoms with Crippen LogP contribution >= 0.6 is 11.3 Å². The van der Waals surface area contributed by atoms with E-state index in [-0.39, 0.29) is 0 Å². The Balaban J connectivity index is 1.63. The fraction of sp³-hybridized carbons (Fsp3) is 0.714. The van der Waals surface area contributed by atoms with Gasteiger partial charge in [0.15, 0.2) is 0 Å². The monoisotopic (exact) mass is 253 g/mol. The van der Waals surface area contributed by atoms with Gasteiger partial charge in [-0.1, -0.05) is 13.8 Å². The molecule has 0 amide bonds. The van der Waals surface area contributed by atoms with Gasteiger partial charge in [-0.25, -0.2) is 0 Å². The molecule has 2 rings (SSSR count). The molecule has 1 aromatic heterocycles. The van der Waals surface area contributed by atoms with E-state index in [0.29, 0.717) is 0 Å².